The van der Waals surface area contributed by atoms with Crippen LogP contribution in [-0.2, 0) is 12.8 Å². The van der Waals surface area contributed by atoms with Crippen molar-refractivity contribution in [2.24, 2.45) is 5.92 Å². The van der Waals surface area contributed by atoms with E-state index in [0.717, 1.165) is 25.1 Å². The Balaban J connectivity index is 1.61. The largest absolute Gasteiger partial charge is 0.504 e. The Labute approximate surface area is 160 Å². The molecule has 3 aliphatic rings. The van der Waals surface area contributed by atoms with Gasteiger partial charge in [-0.25, -0.2) is 0 Å². The van der Waals surface area contributed by atoms with Crippen molar-refractivity contribution in [1.82, 2.24) is 4.90 Å². The van der Waals surface area contributed by atoms with Crippen LogP contribution in [0, 0.1) is 5.92 Å². The molecule has 0 bridgehead atoms. The maximum absolute atomic E-state index is 10.4. The molecule has 1 N–H and O–H groups in total. The summed E-state index contributed by atoms with van der Waals surface area (Å²) in [5, 5.41) is 10.4. The first kappa shape index (κ1) is 16.9. The van der Waals surface area contributed by atoms with Crippen molar-refractivity contribution in [1.29, 1.82) is 0 Å². The molecule has 0 saturated heterocycles. The van der Waals surface area contributed by atoms with Crippen molar-refractivity contribution in [3.8, 4) is 17.2 Å². The Hall–Kier alpha value is -2.20. The zero-order chi connectivity index (χ0) is 18.5. The molecular formula is C23H27NO3. The van der Waals surface area contributed by atoms with E-state index >= 15 is 0 Å². The highest BCUT2D eigenvalue weighted by Gasteiger charge is 2.43. The van der Waals surface area contributed by atoms with Gasteiger partial charge in [0.2, 0.25) is 0 Å². The number of phenolic OH excluding ortho intramolecular Hbond substituents is 1. The number of fused-ring (bicyclic) bond motifs is 4. The van der Waals surface area contributed by atoms with E-state index in [9.17, 15) is 5.11 Å². The molecule has 2 aromatic carbocycles. The summed E-state index contributed by atoms with van der Waals surface area (Å²) >= 11 is 0. The summed E-state index contributed by atoms with van der Waals surface area (Å²) in [4.78, 5) is 2.72. The number of rotatable bonds is 3. The molecule has 4 heteroatoms. The van der Waals surface area contributed by atoms with Crippen LogP contribution in [-0.4, -0.2) is 30.8 Å². The fourth-order valence-electron chi connectivity index (χ4n) is 5.31. The molecule has 2 aliphatic heterocycles. The Morgan fingerprint density at radius 1 is 1.00 bits per heavy atom. The maximum Gasteiger partial charge on any atom is 0.160 e. The summed E-state index contributed by atoms with van der Waals surface area (Å²) in [6.07, 6.45) is 5.93. The summed E-state index contributed by atoms with van der Waals surface area (Å²) in [5.41, 5.74) is 5.47. The highest BCUT2D eigenvalue weighted by atomic mass is 16.5. The fraction of sp³-hybridized carbons (Fsp3) is 0.478. The van der Waals surface area contributed by atoms with Crippen LogP contribution < -0.4 is 9.47 Å². The number of methoxy groups -OCH3 is 2. The van der Waals surface area contributed by atoms with Gasteiger partial charge in [-0.15, -0.1) is 0 Å². The fourth-order valence-corrected chi connectivity index (χ4v) is 5.31. The van der Waals surface area contributed by atoms with Gasteiger partial charge in [-0.2, -0.15) is 0 Å². The molecule has 1 aliphatic carbocycles. The average Bonchev–Trinajstić information content (AvgIpc) is 2.65. The van der Waals surface area contributed by atoms with Gasteiger partial charge in [0, 0.05) is 18.6 Å². The third kappa shape index (κ3) is 2.61. The summed E-state index contributed by atoms with van der Waals surface area (Å²) in [7, 11) is 3.37. The molecule has 1 fully saturated rings. The lowest BCUT2D eigenvalue weighted by Crippen LogP contribution is -2.46. The Bertz CT molecular complexity index is 874. The minimum atomic E-state index is 0.253. The summed E-state index contributed by atoms with van der Waals surface area (Å²) < 4.78 is 10.9. The second-order valence-corrected chi connectivity index (χ2v) is 8.13. The molecule has 0 aromatic heterocycles. The number of hydrogen-bond acceptors (Lipinski definition) is 4. The molecule has 0 radical (unpaired) electrons. The minimum Gasteiger partial charge on any atom is -0.504 e. The standard InChI is InChI=1S/C23H27NO3/c1-26-17-6-7-18-15(10-17)8-9-24-20(18)11-16-12-21(25)22(27-2)13-19(16)23(24)14-4-3-5-14/h6-7,10,12-14,20,23,25H,3-5,8-9,11H2,1-2H3. The molecule has 2 unspecified atom stereocenters. The van der Waals surface area contributed by atoms with Gasteiger partial charge in [0.05, 0.1) is 14.2 Å². The summed E-state index contributed by atoms with van der Waals surface area (Å²) in [6.45, 7) is 1.08. The normalized spacial score (nSPS) is 24.4. The van der Waals surface area contributed by atoms with Gasteiger partial charge >= 0.3 is 0 Å². The number of ether oxygens (including phenoxy) is 2. The highest BCUT2D eigenvalue weighted by Crippen LogP contribution is 2.52. The van der Waals surface area contributed by atoms with E-state index in [2.05, 4.69) is 29.2 Å². The smallest absolute Gasteiger partial charge is 0.160 e. The quantitative estimate of drug-likeness (QED) is 0.875. The molecular weight excluding hydrogens is 338 g/mol. The van der Waals surface area contributed by atoms with Crippen LogP contribution in [0.2, 0.25) is 0 Å². The molecule has 0 spiro atoms. The predicted octanol–water partition coefficient (Wildman–Crippen LogP) is 4.41. The van der Waals surface area contributed by atoms with Gasteiger partial charge in [0.15, 0.2) is 11.5 Å². The van der Waals surface area contributed by atoms with Crippen molar-refractivity contribution in [3.05, 3.63) is 52.6 Å². The van der Waals surface area contributed by atoms with Crippen molar-refractivity contribution in [2.45, 2.75) is 44.2 Å². The zero-order valence-electron chi connectivity index (χ0n) is 16.1. The molecule has 142 valence electrons. The van der Waals surface area contributed by atoms with Crippen LogP contribution in [0.5, 0.6) is 17.2 Å². The summed E-state index contributed by atoms with van der Waals surface area (Å²) in [6, 6.07) is 11.4. The first-order chi connectivity index (χ1) is 13.2. The van der Waals surface area contributed by atoms with Gasteiger partial charge in [-0.05, 0) is 78.1 Å². The van der Waals surface area contributed by atoms with Crippen LogP contribution in [0.25, 0.3) is 0 Å². The SMILES string of the molecule is COc1ccc2c(c1)CCN1C2Cc2cc(O)c(OC)cc2C1C1CCC1. The second-order valence-electron chi connectivity index (χ2n) is 8.13. The molecule has 0 amide bonds. The van der Waals surface area contributed by atoms with Gasteiger partial charge in [-0.1, -0.05) is 12.5 Å². The molecule has 27 heavy (non-hydrogen) atoms. The monoisotopic (exact) mass is 365 g/mol. The van der Waals surface area contributed by atoms with Gasteiger partial charge in [0.25, 0.3) is 0 Å². The van der Waals surface area contributed by atoms with Gasteiger partial charge < -0.3 is 14.6 Å². The van der Waals surface area contributed by atoms with E-state index in [1.54, 1.807) is 14.2 Å². The number of aromatic hydroxyl groups is 1. The average molecular weight is 365 g/mol. The topological polar surface area (TPSA) is 41.9 Å². The van der Waals surface area contributed by atoms with E-state index in [0.29, 0.717) is 23.8 Å². The lowest BCUT2D eigenvalue weighted by Gasteiger charge is -2.51. The predicted molar refractivity (Wildman–Crippen MR) is 105 cm³/mol. The first-order valence-electron chi connectivity index (χ1n) is 10.0. The van der Waals surface area contributed by atoms with Crippen LogP contribution in [0.1, 0.15) is 53.6 Å². The molecule has 2 atom stereocenters. The number of nitrogens with zero attached hydrogens (tertiary/aromatic N) is 1. The third-order valence-electron chi connectivity index (χ3n) is 6.88. The molecule has 2 aromatic rings. The van der Waals surface area contributed by atoms with Gasteiger partial charge in [0.1, 0.15) is 5.75 Å². The van der Waals surface area contributed by atoms with E-state index in [-0.39, 0.29) is 5.75 Å². The van der Waals surface area contributed by atoms with Crippen LogP contribution >= 0.6 is 0 Å². The van der Waals surface area contributed by atoms with E-state index in [4.69, 9.17) is 9.47 Å². The minimum absolute atomic E-state index is 0.253. The summed E-state index contributed by atoms with van der Waals surface area (Å²) in [5.74, 6) is 2.50. The number of phenols is 1. The third-order valence-corrected chi connectivity index (χ3v) is 6.88. The van der Waals surface area contributed by atoms with E-state index < -0.39 is 0 Å². The molecule has 2 heterocycles. The van der Waals surface area contributed by atoms with Gasteiger partial charge in [-0.3, -0.25) is 4.90 Å². The zero-order valence-corrected chi connectivity index (χ0v) is 16.1. The number of benzene rings is 2. The Morgan fingerprint density at radius 2 is 1.85 bits per heavy atom. The van der Waals surface area contributed by atoms with Crippen molar-refractivity contribution in [2.75, 3.05) is 20.8 Å². The lowest BCUT2D eigenvalue weighted by molar-refractivity contribution is 0.0379. The van der Waals surface area contributed by atoms with Crippen LogP contribution in [0.3, 0.4) is 0 Å². The second kappa shape index (κ2) is 6.45. The van der Waals surface area contributed by atoms with E-state index in [1.165, 1.54) is 41.5 Å². The Morgan fingerprint density at radius 3 is 2.56 bits per heavy atom. The van der Waals surface area contributed by atoms with Crippen LogP contribution in [0.15, 0.2) is 30.3 Å². The van der Waals surface area contributed by atoms with E-state index in [1.807, 2.05) is 6.07 Å². The maximum atomic E-state index is 10.4. The van der Waals surface area contributed by atoms with Crippen molar-refractivity contribution in [3.63, 3.8) is 0 Å². The highest BCUT2D eigenvalue weighted by molar-refractivity contribution is 5.51. The molecule has 5 rings (SSSR count). The Kier molecular flexibility index (Phi) is 4.05. The molecule has 1 saturated carbocycles. The molecule has 4 nitrogen and oxygen atoms in total. The van der Waals surface area contributed by atoms with Crippen molar-refractivity contribution < 1.29 is 14.6 Å². The first-order valence-corrected chi connectivity index (χ1v) is 10.0. The number of hydrogen-bond donors (Lipinski definition) is 1. The van der Waals surface area contributed by atoms with Crippen molar-refractivity contribution >= 4 is 0 Å². The lowest BCUT2D eigenvalue weighted by atomic mass is 9.70. The van der Waals surface area contributed by atoms with Crippen LogP contribution in [0.4, 0.5) is 0 Å².